The minimum atomic E-state index is -0.759. The Morgan fingerprint density at radius 3 is 2.10 bits per heavy atom. The fraction of sp³-hybridized carbons (Fsp3) is 0. The van der Waals surface area contributed by atoms with Crippen LogP contribution in [0, 0.1) is 30.3 Å². The van der Waals surface area contributed by atoms with E-state index >= 15 is 0 Å². The van der Waals surface area contributed by atoms with E-state index in [1.807, 2.05) is 0 Å². The molecule has 1 N–H and O–H groups in total. The van der Waals surface area contributed by atoms with Gasteiger partial charge in [-0.05, 0) is 30.3 Å². The van der Waals surface area contributed by atoms with Gasteiger partial charge >= 0.3 is 5.69 Å². The normalized spacial score (nSPS) is 10.8. The molecule has 0 aliphatic heterocycles. The molecule has 3 rings (SSSR count). The number of rotatable bonds is 7. The van der Waals surface area contributed by atoms with Crippen LogP contribution >= 0.6 is 0 Å². The van der Waals surface area contributed by atoms with E-state index in [9.17, 15) is 30.3 Å². The van der Waals surface area contributed by atoms with Crippen LogP contribution in [0.15, 0.2) is 64.1 Å². The zero-order valence-electron chi connectivity index (χ0n) is 14.4. The molecule has 12 nitrogen and oxygen atoms in total. The first-order valence-electron chi connectivity index (χ1n) is 7.92. The number of hydrogen-bond acceptors (Lipinski definition) is 9. The molecule has 0 saturated carbocycles. The van der Waals surface area contributed by atoms with Gasteiger partial charge in [0.2, 0.25) is 0 Å². The van der Waals surface area contributed by atoms with Crippen LogP contribution in [-0.4, -0.2) is 21.0 Å². The second-order valence-electron chi connectivity index (χ2n) is 5.59. The number of furan rings is 1. The zero-order valence-corrected chi connectivity index (χ0v) is 14.4. The van der Waals surface area contributed by atoms with Crippen LogP contribution in [0.1, 0.15) is 5.76 Å². The van der Waals surface area contributed by atoms with Crippen molar-refractivity contribution in [3.63, 3.8) is 0 Å². The van der Waals surface area contributed by atoms with Crippen LogP contribution in [0.3, 0.4) is 0 Å². The predicted octanol–water partition coefficient (Wildman–Crippen LogP) is 4.12. The molecule has 0 bridgehead atoms. The number of non-ortho nitro benzene ring substituents is 2. The third-order valence-corrected chi connectivity index (χ3v) is 3.76. The van der Waals surface area contributed by atoms with Crippen molar-refractivity contribution >= 4 is 29.0 Å². The van der Waals surface area contributed by atoms with Gasteiger partial charge < -0.3 is 4.42 Å². The van der Waals surface area contributed by atoms with Gasteiger partial charge in [-0.25, -0.2) is 0 Å². The van der Waals surface area contributed by atoms with E-state index in [-0.39, 0.29) is 11.4 Å². The van der Waals surface area contributed by atoms with Crippen molar-refractivity contribution in [2.24, 2.45) is 5.10 Å². The Kier molecular flexibility index (Phi) is 5.26. The second-order valence-corrected chi connectivity index (χ2v) is 5.59. The number of nitrogens with zero attached hydrogens (tertiary/aromatic N) is 4. The van der Waals surface area contributed by atoms with Gasteiger partial charge in [0.15, 0.2) is 0 Å². The summed E-state index contributed by atoms with van der Waals surface area (Å²) in [5.74, 6) is 0.762. The highest BCUT2D eigenvalue weighted by Crippen LogP contribution is 2.29. The average Bonchev–Trinajstić information content (AvgIpc) is 3.17. The molecule has 1 heterocycles. The molecule has 0 saturated heterocycles. The summed E-state index contributed by atoms with van der Waals surface area (Å²) in [6, 6.07) is 12.1. The summed E-state index contributed by atoms with van der Waals surface area (Å²) in [6.07, 6.45) is 1.26. The molecule has 0 amide bonds. The van der Waals surface area contributed by atoms with Gasteiger partial charge in [0.05, 0.1) is 27.1 Å². The maximum Gasteiger partial charge on any atom is 0.301 e. The first-order valence-corrected chi connectivity index (χ1v) is 7.92. The van der Waals surface area contributed by atoms with Gasteiger partial charge in [-0.3, -0.25) is 35.8 Å². The van der Waals surface area contributed by atoms with Crippen molar-refractivity contribution in [2.45, 2.75) is 0 Å². The summed E-state index contributed by atoms with van der Waals surface area (Å²) in [5, 5.41) is 36.4. The Hall–Kier alpha value is -4.61. The molecule has 0 aliphatic rings. The van der Waals surface area contributed by atoms with Gasteiger partial charge in [0, 0.05) is 23.8 Å². The number of benzene rings is 2. The lowest BCUT2D eigenvalue weighted by Gasteiger charge is -2.01. The van der Waals surface area contributed by atoms with Crippen LogP contribution in [0.25, 0.3) is 11.3 Å². The Morgan fingerprint density at radius 1 is 0.828 bits per heavy atom. The van der Waals surface area contributed by atoms with E-state index in [1.54, 1.807) is 12.1 Å². The van der Waals surface area contributed by atoms with E-state index in [1.165, 1.54) is 36.5 Å². The summed E-state index contributed by atoms with van der Waals surface area (Å²) >= 11 is 0. The molecule has 0 unspecified atom stereocenters. The fourth-order valence-corrected chi connectivity index (χ4v) is 2.37. The van der Waals surface area contributed by atoms with Crippen molar-refractivity contribution in [2.75, 3.05) is 5.43 Å². The van der Waals surface area contributed by atoms with Crippen molar-refractivity contribution < 1.29 is 19.2 Å². The molecule has 29 heavy (non-hydrogen) atoms. The summed E-state index contributed by atoms with van der Waals surface area (Å²) in [6.45, 7) is 0. The van der Waals surface area contributed by atoms with E-state index in [4.69, 9.17) is 4.42 Å². The van der Waals surface area contributed by atoms with Gasteiger partial charge in [-0.15, -0.1) is 0 Å². The number of nitro groups is 3. The molecular formula is C17H11N5O7. The maximum absolute atomic E-state index is 11.1. The fourth-order valence-electron chi connectivity index (χ4n) is 2.37. The van der Waals surface area contributed by atoms with Gasteiger partial charge in [0.1, 0.15) is 17.2 Å². The molecule has 2 aromatic carbocycles. The quantitative estimate of drug-likeness (QED) is 0.353. The smallest absolute Gasteiger partial charge is 0.301 e. The van der Waals surface area contributed by atoms with E-state index in [0.717, 1.165) is 12.1 Å². The van der Waals surface area contributed by atoms with Crippen molar-refractivity contribution in [1.29, 1.82) is 0 Å². The van der Waals surface area contributed by atoms with Gasteiger partial charge in [-0.2, -0.15) is 5.10 Å². The van der Waals surface area contributed by atoms with E-state index in [2.05, 4.69) is 10.5 Å². The second kappa shape index (κ2) is 7.96. The monoisotopic (exact) mass is 397 g/mol. The number of nitrogens with one attached hydrogen (secondary N) is 1. The molecule has 0 spiro atoms. The molecule has 146 valence electrons. The predicted molar refractivity (Wildman–Crippen MR) is 102 cm³/mol. The minimum absolute atomic E-state index is 0.0287. The Morgan fingerprint density at radius 2 is 1.48 bits per heavy atom. The highest BCUT2D eigenvalue weighted by molar-refractivity contribution is 5.79. The SMILES string of the molecule is O=[N+]([O-])c1ccc(-c2ccc(C=NNc3ccc([N+](=O)[O-])cc3[N+](=O)[O-])o2)cc1. The molecule has 12 heteroatoms. The first-order chi connectivity index (χ1) is 13.8. The summed E-state index contributed by atoms with van der Waals surface area (Å²) in [5.41, 5.74) is 2.08. The van der Waals surface area contributed by atoms with Crippen molar-refractivity contribution in [3.8, 4) is 11.3 Å². The van der Waals surface area contributed by atoms with Gasteiger partial charge in [0.25, 0.3) is 11.4 Å². The number of hydrogen-bond donors (Lipinski definition) is 1. The largest absolute Gasteiger partial charge is 0.455 e. The minimum Gasteiger partial charge on any atom is -0.455 e. The van der Waals surface area contributed by atoms with Crippen LogP contribution in [0.4, 0.5) is 22.7 Å². The number of nitro benzene ring substituents is 3. The Labute approximate surface area is 161 Å². The topological polar surface area (TPSA) is 167 Å². The lowest BCUT2D eigenvalue weighted by molar-refractivity contribution is -0.393. The average molecular weight is 397 g/mol. The maximum atomic E-state index is 11.1. The molecule has 0 fully saturated rings. The third kappa shape index (κ3) is 4.39. The number of hydrazone groups is 1. The lowest BCUT2D eigenvalue weighted by Crippen LogP contribution is -1.98. The first kappa shape index (κ1) is 19.2. The molecule has 3 aromatic rings. The molecule has 0 radical (unpaired) electrons. The number of anilines is 1. The summed E-state index contributed by atoms with van der Waals surface area (Å²) < 4.78 is 5.55. The third-order valence-electron chi connectivity index (χ3n) is 3.76. The van der Waals surface area contributed by atoms with Crippen LogP contribution in [-0.2, 0) is 0 Å². The summed E-state index contributed by atoms with van der Waals surface area (Å²) in [7, 11) is 0. The highest BCUT2D eigenvalue weighted by Gasteiger charge is 2.19. The summed E-state index contributed by atoms with van der Waals surface area (Å²) in [4.78, 5) is 30.5. The van der Waals surface area contributed by atoms with Crippen LogP contribution in [0.5, 0.6) is 0 Å². The zero-order chi connectivity index (χ0) is 21.0. The van der Waals surface area contributed by atoms with Crippen molar-refractivity contribution in [3.05, 3.63) is 90.7 Å². The molecule has 0 atom stereocenters. The Bertz CT molecular complexity index is 1120. The van der Waals surface area contributed by atoms with E-state index in [0.29, 0.717) is 17.1 Å². The highest BCUT2D eigenvalue weighted by atomic mass is 16.6. The lowest BCUT2D eigenvalue weighted by atomic mass is 10.1. The van der Waals surface area contributed by atoms with Crippen LogP contribution in [0.2, 0.25) is 0 Å². The standard InChI is InChI=1S/C17H11N5O7/c23-20(24)12-3-1-11(2-4-12)17-8-6-14(29-17)10-18-19-15-7-5-13(21(25)26)9-16(15)22(27)28/h1-10,19H. The van der Waals surface area contributed by atoms with Gasteiger partial charge in [-0.1, -0.05) is 0 Å². The van der Waals surface area contributed by atoms with E-state index < -0.39 is 26.1 Å². The van der Waals surface area contributed by atoms with Crippen LogP contribution < -0.4 is 5.43 Å². The molecule has 1 aromatic heterocycles. The molecular weight excluding hydrogens is 386 g/mol. The molecule has 0 aliphatic carbocycles. The Balaban J connectivity index is 1.74. The van der Waals surface area contributed by atoms with Crippen molar-refractivity contribution in [1.82, 2.24) is 0 Å².